The van der Waals surface area contributed by atoms with Gasteiger partial charge in [-0.05, 0) is 18.2 Å². The monoisotopic (exact) mass is 206 g/mol. The van der Waals surface area contributed by atoms with E-state index in [4.69, 9.17) is 29.6 Å². The molecule has 1 aromatic carbocycles. The van der Waals surface area contributed by atoms with Crippen LogP contribution in [-0.2, 0) is 0 Å². The summed E-state index contributed by atoms with van der Waals surface area (Å²) >= 11 is 11.3. The molecule has 0 aliphatic heterocycles. The highest BCUT2D eigenvalue weighted by Gasteiger charge is 1.95. The summed E-state index contributed by atoms with van der Waals surface area (Å²) in [4.78, 5) is 0. The molecule has 58 valence electrons. The minimum atomic E-state index is 0. The zero-order valence-electron chi connectivity index (χ0n) is 5.47. The van der Waals surface area contributed by atoms with E-state index < -0.39 is 0 Å². The Kier molecular flexibility index (Phi) is 4.37. The molecule has 0 aliphatic rings. The fourth-order valence-electron chi connectivity index (χ4n) is 0.607. The van der Waals surface area contributed by atoms with Crippen LogP contribution >= 0.6 is 35.6 Å². The van der Waals surface area contributed by atoms with Gasteiger partial charge in [0.05, 0.1) is 5.02 Å². The van der Waals surface area contributed by atoms with Gasteiger partial charge in [-0.15, -0.1) is 18.8 Å². The van der Waals surface area contributed by atoms with Gasteiger partial charge in [-0.25, -0.2) is 0 Å². The Hall–Kier alpha value is -0.350. The van der Waals surface area contributed by atoms with Crippen molar-refractivity contribution in [1.82, 2.24) is 0 Å². The molecule has 0 atom stereocenters. The molecule has 1 rings (SSSR count). The summed E-state index contributed by atoms with van der Waals surface area (Å²) in [6.07, 6.45) is 5.12. The van der Waals surface area contributed by atoms with Crippen LogP contribution in [0.3, 0.4) is 0 Å². The van der Waals surface area contributed by atoms with Gasteiger partial charge in [0.25, 0.3) is 0 Å². The van der Waals surface area contributed by atoms with Crippen molar-refractivity contribution in [3.05, 3.63) is 33.8 Å². The molecule has 0 aliphatic carbocycles. The van der Waals surface area contributed by atoms with Crippen LogP contribution in [0.4, 0.5) is 0 Å². The van der Waals surface area contributed by atoms with Gasteiger partial charge < -0.3 is 0 Å². The molecule has 0 saturated carbocycles. The van der Waals surface area contributed by atoms with Gasteiger partial charge in [-0.1, -0.05) is 29.1 Å². The fraction of sp³-hybridized carbons (Fsp3) is 0. The lowest BCUT2D eigenvalue weighted by molar-refractivity contribution is 1.65. The van der Waals surface area contributed by atoms with Crippen molar-refractivity contribution in [1.29, 1.82) is 0 Å². The zero-order chi connectivity index (χ0) is 7.56. The van der Waals surface area contributed by atoms with E-state index >= 15 is 0 Å². The van der Waals surface area contributed by atoms with Crippen LogP contribution in [0.15, 0.2) is 18.2 Å². The lowest BCUT2D eigenvalue weighted by atomic mass is 10.2. The molecule has 1 aromatic rings. The largest absolute Gasteiger partial charge is 0.147 e. The first kappa shape index (κ1) is 10.7. The quantitative estimate of drug-likeness (QED) is 0.572. The van der Waals surface area contributed by atoms with Crippen molar-refractivity contribution in [2.75, 3.05) is 0 Å². The standard InChI is InChI=1S/C8H4Cl2.ClH/c1-2-6-3-4-7(9)5-8(6)10;/h1,3-5H;1H. The van der Waals surface area contributed by atoms with E-state index in [1.807, 2.05) is 0 Å². The Morgan fingerprint density at radius 2 is 1.91 bits per heavy atom. The van der Waals surface area contributed by atoms with Crippen LogP contribution in [-0.4, -0.2) is 0 Å². The number of hydrogen-bond acceptors (Lipinski definition) is 0. The van der Waals surface area contributed by atoms with Gasteiger partial charge in [0.15, 0.2) is 0 Å². The SMILES string of the molecule is C#Cc1ccc(Cl)cc1Cl.Cl. The Morgan fingerprint density at radius 3 is 2.36 bits per heavy atom. The first-order chi connectivity index (χ1) is 4.74. The van der Waals surface area contributed by atoms with Crippen LogP contribution in [0.5, 0.6) is 0 Å². The Balaban J connectivity index is 0.000001000. The molecule has 0 saturated heterocycles. The summed E-state index contributed by atoms with van der Waals surface area (Å²) in [5.41, 5.74) is 0.672. The summed E-state index contributed by atoms with van der Waals surface area (Å²) in [7, 11) is 0. The third kappa shape index (κ3) is 2.63. The van der Waals surface area contributed by atoms with Crippen molar-refractivity contribution in [2.24, 2.45) is 0 Å². The molecule has 0 bridgehead atoms. The molecule has 3 heteroatoms. The van der Waals surface area contributed by atoms with Crippen molar-refractivity contribution < 1.29 is 0 Å². The Bertz CT molecular complexity index is 286. The maximum atomic E-state index is 5.70. The normalized spacial score (nSPS) is 8.09. The summed E-state index contributed by atoms with van der Waals surface area (Å²) < 4.78 is 0. The van der Waals surface area contributed by atoms with Crippen LogP contribution < -0.4 is 0 Å². The summed E-state index contributed by atoms with van der Waals surface area (Å²) in [5.74, 6) is 2.43. The van der Waals surface area contributed by atoms with Crippen molar-refractivity contribution in [2.45, 2.75) is 0 Å². The van der Waals surface area contributed by atoms with E-state index in [0.29, 0.717) is 15.6 Å². The number of hydrogen-bond donors (Lipinski definition) is 0. The average Bonchev–Trinajstić information content (AvgIpc) is 1.88. The van der Waals surface area contributed by atoms with E-state index in [-0.39, 0.29) is 12.4 Å². The van der Waals surface area contributed by atoms with E-state index in [0.717, 1.165) is 0 Å². The maximum Gasteiger partial charge on any atom is 0.0577 e. The molecule has 0 aromatic heterocycles. The molecule has 0 heterocycles. The molecule has 0 radical (unpaired) electrons. The van der Waals surface area contributed by atoms with Gasteiger partial charge >= 0.3 is 0 Å². The van der Waals surface area contributed by atoms with Crippen LogP contribution in [0, 0.1) is 12.3 Å². The minimum Gasteiger partial charge on any atom is -0.147 e. The molecule has 0 nitrogen and oxygen atoms in total. The van der Waals surface area contributed by atoms with Crippen LogP contribution in [0.25, 0.3) is 0 Å². The predicted molar refractivity (Wildman–Crippen MR) is 51.6 cm³/mol. The topological polar surface area (TPSA) is 0 Å². The first-order valence-corrected chi connectivity index (χ1v) is 3.41. The number of terminal acetylenes is 1. The lowest BCUT2D eigenvalue weighted by Gasteiger charge is -1.94. The minimum absolute atomic E-state index is 0. The van der Waals surface area contributed by atoms with Gasteiger partial charge in [-0.3, -0.25) is 0 Å². The van der Waals surface area contributed by atoms with Gasteiger partial charge in [0.2, 0.25) is 0 Å². The van der Waals surface area contributed by atoms with Crippen molar-refractivity contribution in [3.8, 4) is 12.3 Å². The molecule has 0 unspecified atom stereocenters. The molecule has 11 heavy (non-hydrogen) atoms. The number of rotatable bonds is 0. The van der Waals surface area contributed by atoms with Crippen LogP contribution in [0.2, 0.25) is 10.0 Å². The van der Waals surface area contributed by atoms with Crippen LogP contribution in [0.1, 0.15) is 5.56 Å². The second-order valence-electron chi connectivity index (χ2n) is 1.77. The molecule has 0 amide bonds. The summed E-state index contributed by atoms with van der Waals surface area (Å²) in [6.45, 7) is 0. The van der Waals surface area contributed by atoms with E-state index in [1.54, 1.807) is 18.2 Å². The molecular weight excluding hydrogens is 202 g/mol. The average molecular weight is 207 g/mol. The summed E-state index contributed by atoms with van der Waals surface area (Å²) in [6, 6.07) is 5.05. The second-order valence-corrected chi connectivity index (χ2v) is 2.61. The van der Waals surface area contributed by atoms with Crippen molar-refractivity contribution in [3.63, 3.8) is 0 Å². The highest BCUT2D eigenvalue weighted by atomic mass is 35.5. The highest BCUT2D eigenvalue weighted by molar-refractivity contribution is 6.35. The summed E-state index contributed by atoms with van der Waals surface area (Å²) in [5, 5.41) is 1.12. The lowest BCUT2D eigenvalue weighted by Crippen LogP contribution is -1.74. The van der Waals surface area contributed by atoms with Gasteiger partial charge in [-0.2, -0.15) is 0 Å². The third-order valence-electron chi connectivity index (χ3n) is 1.09. The predicted octanol–water partition coefficient (Wildman–Crippen LogP) is 3.40. The second kappa shape index (κ2) is 4.51. The molecule has 0 fully saturated rings. The fourth-order valence-corrected chi connectivity index (χ4v) is 1.07. The Morgan fingerprint density at radius 1 is 1.27 bits per heavy atom. The highest BCUT2D eigenvalue weighted by Crippen LogP contribution is 2.19. The number of benzene rings is 1. The first-order valence-electron chi connectivity index (χ1n) is 2.65. The number of halogens is 3. The van der Waals surface area contributed by atoms with Gasteiger partial charge in [0.1, 0.15) is 0 Å². The van der Waals surface area contributed by atoms with E-state index in [1.165, 1.54) is 0 Å². The van der Waals surface area contributed by atoms with E-state index in [2.05, 4.69) is 5.92 Å². The molecular formula is C8H5Cl3. The smallest absolute Gasteiger partial charge is 0.0577 e. The molecule has 0 N–H and O–H groups in total. The van der Waals surface area contributed by atoms with Gasteiger partial charge in [0, 0.05) is 10.6 Å². The van der Waals surface area contributed by atoms with Crippen molar-refractivity contribution >= 4 is 35.6 Å². The van der Waals surface area contributed by atoms with E-state index in [9.17, 15) is 0 Å². The maximum absolute atomic E-state index is 5.70. The third-order valence-corrected chi connectivity index (χ3v) is 1.63. The Labute approximate surface area is 81.9 Å². The molecule has 0 spiro atoms. The zero-order valence-corrected chi connectivity index (χ0v) is 7.80.